The minimum absolute atomic E-state index is 0.0207. The molecule has 1 aromatic carbocycles. The van der Waals surface area contributed by atoms with Crippen molar-refractivity contribution in [3.8, 4) is 0 Å². The van der Waals surface area contributed by atoms with Crippen LogP contribution in [0.15, 0.2) is 30.5 Å². The van der Waals surface area contributed by atoms with Crippen molar-refractivity contribution in [1.82, 2.24) is 19.9 Å². The maximum Gasteiger partial charge on any atom is 0.253 e. The van der Waals surface area contributed by atoms with Gasteiger partial charge in [0.05, 0.1) is 36.2 Å². The van der Waals surface area contributed by atoms with Crippen LogP contribution in [0.5, 0.6) is 0 Å². The number of aryl methyl sites for hydroxylation is 1. The van der Waals surface area contributed by atoms with Gasteiger partial charge in [0.1, 0.15) is 0 Å². The van der Waals surface area contributed by atoms with Crippen LogP contribution in [-0.4, -0.2) is 55.7 Å². The molecule has 2 aliphatic heterocycles. The number of ether oxygens (including phenoxy) is 1. The fraction of sp³-hybridized carbons (Fsp3) is 0.550. The van der Waals surface area contributed by atoms with E-state index >= 15 is 0 Å². The molecular weight excluding hydrogens is 344 g/mol. The van der Waals surface area contributed by atoms with Gasteiger partial charge in [0.2, 0.25) is 0 Å². The highest BCUT2D eigenvalue weighted by Gasteiger charge is 2.38. The minimum atomic E-state index is -0.710. The lowest BCUT2D eigenvalue weighted by Crippen LogP contribution is -2.49. The number of likely N-dealkylation sites (tertiary alicyclic amines) is 1. The lowest BCUT2D eigenvalue weighted by atomic mass is 9.97. The van der Waals surface area contributed by atoms with Crippen LogP contribution in [0.25, 0.3) is 0 Å². The molecule has 0 spiro atoms. The molecule has 1 saturated heterocycles. The highest BCUT2D eigenvalue weighted by atomic mass is 16.5. The van der Waals surface area contributed by atoms with Gasteiger partial charge in [-0.05, 0) is 50.8 Å². The van der Waals surface area contributed by atoms with E-state index in [0.717, 1.165) is 24.1 Å². The third kappa shape index (κ3) is 3.89. The average Bonchev–Trinajstić information content (AvgIpc) is 3.14. The Labute approximate surface area is 158 Å². The van der Waals surface area contributed by atoms with E-state index in [0.29, 0.717) is 31.7 Å². The van der Waals surface area contributed by atoms with Crippen LogP contribution in [0.3, 0.4) is 0 Å². The van der Waals surface area contributed by atoms with E-state index in [2.05, 4.69) is 10.3 Å². The smallest absolute Gasteiger partial charge is 0.253 e. The average molecular weight is 370 g/mol. The molecular formula is C20H26N4O3. The van der Waals surface area contributed by atoms with Crippen molar-refractivity contribution >= 4 is 5.91 Å². The number of carbonyl (C=O) groups excluding carboxylic acids is 1. The Hall–Kier alpha value is -2.25. The molecule has 2 aromatic rings. The number of benzene rings is 1. The van der Waals surface area contributed by atoms with Crippen LogP contribution in [0, 0.1) is 0 Å². The number of piperidine rings is 1. The van der Waals surface area contributed by atoms with E-state index in [-0.39, 0.29) is 18.1 Å². The molecule has 0 bridgehead atoms. The molecule has 0 saturated carbocycles. The number of aliphatic hydroxyl groups is 1. The Morgan fingerprint density at radius 1 is 1.41 bits per heavy atom. The van der Waals surface area contributed by atoms with Gasteiger partial charge in [-0.15, -0.1) is 5.10 Å². The molecule has 2 aliphatic rings. The summed E-state index contributed by atoms with van der Waals surface area (Å²) >= 11 is 0. The van der Waals surface area contributed by atoms with Gasteiger partial charge in [-0.3, -0.25) is 4.79 Å². The summed E-state index contributed by atoms with van der Waals surface area (Å²) in [5.41, 5.74) is 2.01. The second kappa shape index (κ2) is 7.05. The van der Waals surface area contributed by atoms with Gasteiger partial charge in [0.25, 0.3) is 5.91 Å². The van der Waals surface area contributed by atoms with Crippen LogP contribution in [0.4, 0.5) is 0 Å². The van der Waals surface area contributed by atoms with Crippen LogP contribution in [-0.2, 0) is 17.8 Å². The third-order valence-electron chi connectivity index (χ3n) is 5.42. The maximum atomic E-state index is 13.1. The van der Waals surface area contributed by atoms with Crippen molar-refractivity contribution in [3.05, 3.63) is 47.3 Å². The summed E-state index contributed by atoms with van der Waals surface area (Å²) in [6, 6.07) is 7.75. The zero-order valence-corrected chi connectivity index (χ0v) is 15.8. The summed E-state index contributed by atoms with van der Waals surface area (Å²) in [4.78, 5) is 15.0. The summed E-state index contributed by atoms with van der Waals surface area (Å²) < 4.78 is 7.83. The predicted molar refractivity (Wildman–Crippen MR) is 99.2 cm³/mol. The standard InChI is InChI=1S/C20H26N4O3/c1-20(2,26)8-6-14-4-3-5-15(10-14)19(25)23-9-7-18-17(12-23)24-16(13-27-18)11-21-22-24/h3-5,10-11,17-18,26H,6-9,12-13H2,1-2H3. The Morgan fingerprint density at radius 2 is 2.26 bits per heavy atom. The fourth-order valence-corrected chi connectivity index (χ4v) is 3.86. The molecule has 2 unspecified atom stereocenters. The number of rotatable bonds is 4. The molecule has 0 radical (unpaired) electrons. The van der Waals surface area contributed by atoms with Crippen molar-refractivity contribution in [2.75, 3.05) is 13.1 Å². The summed E-state index contributed by atoms with van der Waals surface area (Å²) in [6.07, 6.45) is 4.01. The second-order valence-corrected chi connectivity index (χ2v) is 8.14. The van der Waals surface area contributed by atoms with Crippen molar-refractivity contribution in [2.24, 2.45) is 0 Å². The highest BCUT2D eigenvalue weighted by Crippen LogP contribution is 2.30. The zero-order valence-electron chi connectivity index (χ0n) is 15.8. The Morgan fingerprint density at radius 3 is 3.07 bits per heavy atom. The number of amides is 1. The summed E-state index contributed by atoms with van der Waals surface area (Å²) in [5.74, 6) is 0.0331. The SMILES string of the molecule is CC(C)(O)CCc1cccc(C(=O)N2CCC3OCc4cnnn4C3C2)c1. The van der Waals surface area contributed by atoms with Crippen LogP contribution < -0.4 is 0 Å². The lowest BCUT2D eigenvalue weighted by Gasteiger charge is -2.41. The van der Waals surface area contributed by atoms with E-state index in [9.17, 15) is 9.90 Å². The van der Waals surface area contributed by atoms with E-state index < -0.39 is 5.60 Å². The molecule has 27 heavy (non-hydrogen) atoms. The van der Waals surface area contributed by atoms with Gasteiger partial charge >= 0.3 is 0 Å². The second-order valence-electron chi connectivity index (χ2n) is 8.14. The first kappa shape index (κ1) is 18.1. The van der Waals surface area contributed by atoms with Gasteiger partial charge in [-0.1, -0.05) is 17.3 Å². The van der Waals surface area contributed by atoms with Crippen molar-refractivity contribution in [3.63, 3.8) is 0 Å². The van der Waals surface area contributed by atoms with Gasteiger partial charge in [0.15, 0.2) is 0 Å². The fourth-order valence-electron chi connectivity index (χ4n) is 3.86. The first-order valence-corrected chi connectivity index (χ1v) is 9.52. The number of nitrogens with zero attached hydrogens (tertiary/aromatic N) is 4. The van der Waals surface area contributed by atoms with Gasteiger partial charge in [-0.2, -0.15) is 0 Å². The molecule has 3 heterocycles. The van der Waals surface area contributed by atoms with E-state index in [1.807, 2.05) is 33.8 Å². The molecule has 1 fully saturated rings. The number of fused-ring (bicyclic) bond motifs is 3. The highest BCUT2D eigenvalue weighted by molar-refractivity contribution is 5.94. The monoisotopic (exact) mass is 370 g/mol. The molecule has 7 heteroatoms. The molecule has 0 aliphatic carbocycles. The quantitative estimate of drug-likeness (QED) is 0.890. The molecule has 7 nitrogen and oxygen atoms in total. The normalized spacial score (nSPS) is 22.3. The van der Waals surface area contributed by atoms with Gasteiger partial charge in [0, 0.05) is 18.7 Å². The van der Waals surface area contributed by atoms with E-state index in [1.165, 1.54) is 0 Å². The van der Waals surface area contributed by atoms with Crippen LogP contribution in [0.2, 0.25) is 0 Å². The van der Waals surface area contributed by atoms with E-state index in [4.69, 9.17) is 4.74 Å². The van der Waals surface area contributed by atoms with Crippen molar-refractivity contribution in [2.45, 2.75) is 57.5 Å². The van der Waals surface area contributed by atoms with Crippen LogP contribution in [0.1, 0.15) is 54.3 Å². The first-order valence-electron chi connectivity index (χ1n) is 9.52. The molecule has 144 valence electrons. The summed E-state index contributed by atoms with van der Waals surface area (Å²) in [7, 11) is 0. The first-order chi connectivity index (χ1) is 12.9. The topological polar surface area (TPSA) is 80.5 Å². The number of aromatic nitrogens is 3. The largest absolute Gasteiger partial charge is 0.390 e. The van der Waals surface area contributed by atoms with E-state index in [1.54, 1.807) is 20.0 Å². The number of hydrogen-bond donors (Lipinski definition) is 1. The molecule has 1 aromatic heterocycles. The number of carbonyl (C=O) groups is 1. The predicted octanol–water partition coefficient (Wildman–Crippen LogP) is 1.97. The minimum Gasteiger partial charge on any atom is -0.390 e. The molecule has 2 atom stereocenters. The molecule has 1 amide bonds. The molecule has 1 N–H and O–H groups in total. The maximum absolute atomic E-state index is 13.1. The zero-order chi connectivity index (χ0) is 19.0. The summed E-state index contributed by atoms with van der Waals surface area (Å²) in [6.45, 7) is 5.39. The lowest BCUT2D eigenvalue weighted by molar-refractivity contribution is -0.0605. The Bertz CT molecular complexity index is 827. The number of hydrogen-bond acceptors (Lipinski definition) is 5. The van der Waals surface area contributed by atoms with Crippen LogP contribution >= 0.6 is 0 Å². The van der Waals surface area contributed by atoms with Crippen molar-refractivity contribution < 1.29 is 14.6 Å². The third-order valence-corrected chi connectivity index (χ3v) is 5.42. The van der Waals surface area contributed by atoms with Gasteiger partial charge < -0.3 is 14.7 Å². The molecule has 4 rings (SSSR count). The van der Waals surface area contributed by atoms with Gasteiger partial charge in [-0.25, -0.2) is 4.68 Å². The Balaban J connectivity index is 1.48. The Kier molecular flexibility index (Phi) is 4.74. The summed E-state index contributed by atoms with van der Waals surface area (Å²) in [5, 5.41) is 18.1. The van der Waals surface area contributed by atoms with Crippen molar-refractivity contribution in [1.29, 1.82) is 0 Å².